The summed E-state index contributed by atoms with van der Waals surface area (Å²) in [6.45, 7) is 0. The van der Waals surface area contributed by atoms with Gasteiger partial charge in [-0.1, -0.05) is 0 Å². The minimum atomic E-state index is 0.352. The van der Waals surface area contributed by atoms with Crippen LogP contribution in [-0.2, 0) is 18.0 Å². The van der Waals surface area contributed by atoms with Crippen LogP contribution >= 0.6 is 0 Å². The van der Waals surface area contributed by atoms with Crippen LogP contribution in [0.1, 0.15) is 0 Å². The number of hydrogen-bond donors (Lipinski definition) is 0. The van der Waals surface area contributed by atoms with Crippen LogP contribution in [0.3, 0.4) is 0 Å². The monoisotopic (exact) mass is 262 g/mol. The zero-order valence-corrected chi connectivity index (χ0v) is 8.38. The van der Waals surface area contributed by atoms with Gasteiger partial charge in [0.15, 0.2) is 0 Å². The molecular weight excluding hydrogens is 255 g/mol. The summed E-state index contributed by atoms with van der Waals surface area (Å²) >= 11 is 0.352. The average molecular weight is 263 g/mol. The van der Waals surface area contributed by atoms with Crippen LogP contribution in [0.5, 0.6) is 0 Å². The molecule has 0 unspecified atom stereocenters. The maximum absolute atomic E-state index is 4.26. The van der Waals surface area contributed by atoms with Crippen molar-refractivity contribution in [2.45, 2.75) is 0 Å². The second kappa shape index (κ2) is 4.27. The number of rotatable bonds is 2. The van der Waals surface area contributed by atoms with E-state index in [1.807, 2.05) is 48.8 Å². The third-order valence-corrected chi connectivity index (χ3v) is 3.10. The van der Waals surface area contributed by atoms with Gasteiger partial charge in [-0.15, -0.1) is 0 Å². The first-order valence-electron chi connectivity index (χ1n) is 3.86. The molecule has 0 saturated heterocycles. The molecule has 0 aliphatic heterocycles. The van der Waals surface area contributed by atoms with Crippen molar-refractivity contribution in [1.82, 2.24) is 9.97 Å². The molecule has 0 aromatic carbocycles. The average Bonchev–Trinajstić information content (AvgIpc) is 2.21. The van der Waals surface area contributed by atoms with E-state index in [0.717, 1.165) is 8.33 Å². The zero-order chi connectivity index (χ0) is 8.93. The van der Waals surface area contributed by atoms with E-state index in [2.05, 4.69) is 9.97 Å². The molecule has 0 aliphatic rings. The van der Waals surface area contributed by atoms with Crippen molar-refractivity contribution in [3.8, 4) is 0 Å². The van der Waals surface area contributed by atoms with E-state index in [-0.39, 0.29) is 0 Å². The fourth-order valence-electron chi connectivity index (χ4n) is 0.839. The molecule has 0 aliphatic carbocycles. The normalized spacial score (nSPS) is 10.2. The van der Waals surface area contributed by atoms with Gasteiger partial charge in [-0.05, 0) is 0 Å². The number of hydrogen-bond acceptors (Lipinski definition) is 2. The summed E-state index contributed by atoms with van der Waals surface area (Å²) in [5.41, 5.74) is 0. The van der Waals surface area contributed by atoms with Crippen molar-refractivity contribution >= 4 is 8.33 Å². The van der Waals surface area contributed by atoms with Crippen LogP contribution in [0.4, 0.5) is 0 Å². The van der Waals surface area contributed by atoms with Crippen LogP contribution in [0.15, 0.2) is 48.8 Å². The summed E-state index contributed by atoms with van der Waals surface area (Å²) < 4.78 is 2.21. The topological polar surface area (TPSA) is 25.8 Å². The molecule has 2 rings (SSSR count). The van der Waals surface area contributed by atoms with Crippen molar-refractivity contribution in [1.29, 1.82) is 0 Å². The molecular formula is C10H8N2Pd. The first-order chi connectivity index (χ1) is 6.45. The van der Waals surface area contributed by atoms with Crippen molar-refractivity contribution in [3.05, 3.63) is 48.8 Å². The van der Waals surface area contributed by atoms with Gasteiger partial charge in [0.1, 0.15) is 0 Å². The van der Waals surface area contributed by atoms with E-state index in [4.69, 9.17) is 0 Å². The SMILES string of the molecule is c1cc[c]([Pd][c]2ccccn2)nc1. The Hall–Kier alpha value is -1.04. The van der Waals surface area contributed by atoms with E-state index >= 15 is 0 Å². The Morgan fingerprint density at radius 2 is 1.31 bits per heavy atom. The maximum atomic E-state index is 4.26. The third kappa shape index (κ3) is 2.45. The number of pyridine rings is 2. The summed E-state index contributed by atoms with van der Waals surface area (Å²) in [5.74, 6) is 0. The molecule has 2 aromatic rings. The van der Waals surface area contributed by atoms with Crippen LogP contribution in [0.2, 0.25) is 0 Å². The van der Waals surface area contributed by atoms with E-state index in [0.29, 0.717) is 18.0 Å². The second-order valence-corrected chi connectivity index (χ2v) is 4.30. The molecule has 13 heavy (non-hydrogen) atoms. The Bertz CT molecular complexity index is 324. The molecule has 0 bridgehead atoms. The van der Waals surface area contributed by atoms with Crippen molar-refractivity contribution in [2.24, 2.45) is 0 Å². The number of nitrogens with zero attached hydrogens (tertiary/aromatic N) is 2. The van der Waals surface area contributed by atoms with Gasteiger partial charge in [0, 0.05) is 0 Å². The summed E-state index contributed by atoms with van der Waals surface area (Å²) in [7, 11) is 0. The van der Waals surface area contributed by atoms with Gasteiger partial charge in [-0.2, -0.15) is 0 Å². The summed E-state index contributed by atoms with van der Waals surface area (Å²) in [4.78, 5) is 8.51. The van der Waals surface area contributed by atoms with Crippen molar-refractivity contribution in [2.75, 3.05) is 0 Å². The molecule has 0 spiro atoms. The Labute approximate surface area is 85.2 Å². The molecule has 0 saturated carbocycles. The van der Waals surface area contributed by atoms with Gasteiger partial charge in [0.05, 0.1) is 0 Å². The fourth-order valence-corrected chi connectivity index (χ4v) is 2.24. The van der Waals surface area contributed by atoms with Crippen molar-refractivity contribution < 1.29 is 18.0 Å². The Morgan fingerprint density at radius 3 is 1.69 bits per heavy atom. The van der Waals surface area contributed by atoms with E-state index < -0.39 is 0 Å². The van der Waals surface area contributed by atoms with E-state index in [1.165, 1.54) is 0 Å². The first kappa shape index (κ1) is 8.56. The van der Waals surface area contributed by atoms with Crippen molar-refractivity contribution in [3.63, 3.8) is 0 Å². The molecule has 2 heterocycles. The van der Waals surface area contributed by atoms with Crippen LogP contribution in [0.25, 0.3) is 0 Å². The second-order valence-electron chi connectivity index (χ2n) is 2.32. The molecule has 0 N–H and O–H groups in total. The molecule has 0 fully saturated rings. The Kier molecular flexibility index (Phi) is 2.81. The Balaban J connectivity index is 2.16. The predicted molar refractivity (Wildman–Crippen MR) is 47.7 cm³/mol. The molecule has 0 amide bonds. The zero-order valence-electron chi connectivity index (χ0n) is 6.83. The first-order valence-corrected chi connectivity index (χ1v) is 5.41. The molecule has 2 aromatic heterocycles. The third-order valence-electron chi connectivity index (χ3n) is 1.38. The predicted octanol–water partition coefficient (Wildman–Crippen LogP) is 0.510. The standard InChI is InChI=1S/2C5H4N.Pd/c2*1-2-4-6-5-3-1;/h2*1-4H;. The van der Waals surface area contributed by atoms with Gasteiger partial charge in [-0.3, -0.25) is 0 Å². The van der Waals surface area contributed by atoms with Gasteiger partial charge >= 0.3 is 85.1 Å². The van der Waals surface area contributed by atoms with E-state index in [9.17, 15) is 0 Å². The van der Waals surface area contributed by atoms with Gasteiger partial charge in [-0.25, -0.2) is 0 Å². The molecule has 2 nitrogen and oxygen atoms in total. The molecule has 0 atom stereocenters. The fraction of sp³-hybridized carbons (Fsp3) is 0. The summed E-state index contributed by atoms with van der Waals surface area (Å²) in [5, 5.41) is 0. The van der Waals surface area contributed by atoms with E-state index in [1.54, 1.807) is 0 Å². The van der Waals surface area contributed by atoms with Gasteiger partial charge in [0.25, 0.3) is 0 Å². The van der Waals surface area contributed by atoms with Crippen LogP contribution < -0.4 is 8.33 Å². The molecule has 0 radical (unpaired) electrons. The Morgan fingerprint density at radius 1 is 0.769 bits per heavy atom. The summed E-state index contributed by atoms with van der Waals surface area (Å²) in [6.07, 6.45) is 3.63. The molecule has 68 valence electrons. The quantitative estimate of drug-likeness (QED) is 0.737. The number of aromatic nitrogens is 2. The van der Waals surface area contributed by atoms with Crippen LogP contribution in [-0.4, -0.2) is 9.97 Å². The van der Waals surface area contributed by atoms with Gasteiger partial charge in [0.2, 0.25) is 0 Å². The minimum absolute atomic E-state index is 0.352. The van der Waals surface area contributed by atoms with Gasteiger partial charge < -0.3 is 0 Å². The van der Waals surface area contributed by atoms with Crippen LogP contribution in [0, 0.1) is 0 Å². The molecule has 3 heteroatoms. The summed E-state index contributed by atoms with van der Waals surface area (Å²) in [6, 6.07) is 11.9.